The summed E-state index contributed by atoms with van der Waals surface area (Å²) in [6.45, 7) is 2.12. The van der Waals surface area contributed by atoms with Crippen LogP contribution in [0.5, 0.6) is 0 Å². The van der Waals surface area contributed by atoms with Gasteiger partial charge in [0.25, 0.3) is 0 Å². The van der Waals surface area contributed by atoms with Gasteiger partial charge < -0.3 is 5.73 Å². The molecule has 0 amide bonds. The quantitative estimate of drug-likeness (QED) is 0.846. The van der Waals surface area contributed by atoms with Crippen molar-refractivity contribution in [1.29, 1.82) is 0 Å². The summed E-state index contributed by atoms with van der Waals surface area (Å²) in [6, 6.07) is 6.98. The predicted octanol–water partition coefficient (Wildman–Crippen LogP) is 4.77. The van der Waals surface area contributed by atoms with Crippen LogP contribution in [-0.2, 0) is 5.41 Å². The average molecular weight is 278 g/mol. The van der Waals surface area contributed by atoms with E-state index in [-0.39, 0.29) is 11.5 Å². The topological polar surface area (TPSA) is 26.0 Å². The largest absolute Gasteiger partial charge is 0.327 e. The van der Waals surface area contributed by atoms with E-state index in [0.29, 0.717) is 5.92 Å². The Morgan fingerprint density at radius 2 is 1.89 bits per heavy atom. The average Bonchev–Trinajstić information content (AvgIpc) is 3.21. The van der Waals surface area contributed by atoms with Crippen molar-refractivity contribution in [3.8, 4) is 0 Å². The van der Waals surface area contributed by atoms with Crippen molar-refractivity contribution in [2.75, 3.05) is 0 Å². The zero-order valence-corrected chi connectivity index (χ0v) is 12.5. The summed E-state index contributed by atoms with van der Waals surface area (Å²) in [7, 11) is 0. The molecule has 0 heterocycles. The number of nitrogens with two attached hydrogens (primary N) is 1. The fraction of sp³-hybridized carbons (Fsp3) is 0.647. The second kappa shape index (κ2) is 5.10. The van der Waals surface area contributed by atoms with Crippen molar-refractivity contribution in [1.82, 2.24) is 0 Å². The molecule has 2 N–H and O–H groups in total. The second-order valence-electron chi connectivity index (χ2n) is 6.52. The normalized spacial score (nSPS) is 24.2. The smallest absolute Gasteiger partial charge is 0.0443 e. The Morgan fingerprint density at radius 3 is 2.42 bits per heavy atom. The third-order valence-corrected chi connectivity index (χ3v) is 5.61. The highest BCUT2D eigenvalue weighted by molar-refractivity contribution is 6.31. The molecule has 2 aliphatic carbocycles. The third kappa shape index (κ3) is 2.43. The van der Waals surface area contributed by atoms with Crippen LogP contribution in [0.25, 0.3) is 0 Å². The van der Waals surface area contributed by atoms with Gasteiger partial charge in [-0.3, -0.25) is 0 Å². The molecule has 0 radical (unpaired) electrons. The molecule has 1 atom stereocenters. The first-order valence-electron chi connectivity index (χ1n) is 7.69. The van der Waals surface area contributed by atoms with E-state index in [0.717, 1.165) is 5.02 Å². The van der Waals surface area contributed by atoms with Gasteiger partial charge in [0.05, 0.1) is 0 Å². The fourth-order valence-electron chi connectivity index (χ4n) is 3.72. The molecule has 0 aromatic heterocycles. The Morgan fingerprint density at radius 1 is 1.21 bits per heavy atom. The third-order valence-electron chi connectivity index (χ3n) is 5.28. The zero-order valence-electron chi connectivity index (χ0n) is 11.8. The van der Waals surface area contributed by atoms with Gasteiger partial charge in [-0.2, -0.15) is 0 Å². The lowest BCUT2D eigenvalue weighted by atomic mass is 9.82. The number of hydrogen-bond acceptors (Lipinski definition) is 1. The molecule has 1 aromatic rings. The molecular formula is C17H24ClN. The molecule has 2 aliphatic rings. The van der Waals surface area contributed by atoms with Crippen LogP contribution < -0.4 is 5.73 Å². The molecule has 0 saturated heterocycles. The van der Waals surface area contributed by atoms with Crippen LogP contribution in [0.15, 0.2) is 18.2 Å². The van der Waals surface area contributed by atoms with Gasteiger partial charge in [-0.15, -0.1) is 0 Å². The zero-order chi connectivity index (χ0) is 13.5. The molecule has 2 heteroatoms. The van der Waals surface area contributed by atoms with E-state index in [1.54, 1.807) is 0 Å². The van der Waals surface area contributed by atoms with Crippen LogP contribution in [-0.4, -0.2) is 6.04 Å². The van der Waals surface area contributed by atoms with E-state index in [1.165, 1.54) is 56.1 Å². The van der Waals surface area contributed by atoms with Crippen molar-refractivity contribution < 1.29 is 0 Å². The lowest BCUT2D eigenvalue weighted by Gasteiger charge is -2.25. The first-order chi connectivity index (χ1) is 9.13. The van der Waals surface area contributed by atoms with Crippen LogP contribution in [0.2, 0.25) is 5.02 Å². The molecule has 2 saturated carbocycles. The lowest BCUT2D eigenvalue weighted by molar-refractivity contribution is 0.443. The number of halogens is 1. The van der Waals surface area contributed by atoms with Crippen LogP contribution in [0.3, 0.4) is 0 Å². The minimum absolute atomic E-state index is 0.217. The van der Waals surface area contributed by atoms with Gasteiger partial charge in [-0.05, 0) is 55.7 Å². The SMILES string of the molecule is CC(N)C1(c2ccc(C3CCCCC3)c(Cl)c2)CC1. The monoisotopic (exact) mass is 277 g/mol. The summed E-state index contributed by atoms with van der Waals surface area (Å²) in [5.74, 6) is 0.681. The minimum Gasteiger partial charge on any atom is -0.327 e. The first-order valence-corrected chi connectivity index (χ1v) is 8.07. The van der Waals surface area contributed by atoms with Gasteiger partial charge >= 0.3 is 0 Å². The first kappa shape index (κ1) is 13.5. The summed E-state index contributed by atoms with van der Waals surface area (Å²) >= 11 is 6.56. The van der Waals surface area contributed by atoms with Gasteiger partial charge in [-0.1, -0.05) is 43.0 Å². The summed E-state index contributed by atoms with van der Waals surface area (Å²) in [6.07, 6.45) is 9.13. The highest BCUT2D eigenvalue weighted by atomic mass is 35.5. The number of benzene rings is 1. The van der Waals surface area contributed by atoms with Gasteiger partial charge in [0.1, 0.15) is 0 Å². The number of rotatable bonds is 3. The van der Waals surface area contributed by atoms with Gasteiger partial charge in [0.15, 0.2) is 0 Å². The highest BCUT2D eigenvalue weighted by Gasteiger charge is 2.47. The maximum atomic E-state index is 6.56. The molecule has 0 aliphatic heterocycles. The molecular weight excluding hydrogens is 254 g/mol. The second-order valence-corrected chi connectivity index (χ2v) is 6.92. The molecule has 0 spiro atoms. The van der Waals surface area contributed by atoms with E-state index >= 15 is 0 Å². The van der Waals surface area contributed by atoms with Gasteiger partial charge in [0, 0.05) is 16.5 Å². The Balaban J connectivity index is 1.86. The predicted molar refractivity (Wildman–Crippen MR) is 81.8 cm³/mol. The Hall–Kier alpha value is -0.530. The molecule has 1 aromatic carbocycles. The maximum absolute atomic E-state index is 6.56. The molecule has 1 nitrogen and oxygen atoms in total. The van der Waals surface area contributed by atoms with E-state index in [4.69, 9.17) is 17.3 Å². The fourth-order valence-corrected chi connectivity index (χ4v) is 4.06. The standard InChI is InChI=1S/C17H24ClN/c1-12(19)17(9-10-17)14-7-8-15(16(18)11-14)13-5-3-2-4-6-13/h7-8,11-13H,2-6,9-10,19H2,1H3. The molecule has 3 rings (SSSR count). The van der Waals surface area contributed by atoms with Gasteiger partial charge in [0.2, 0.25) is 0 Å². The summed E-state index contributed by atoms with van der Waals surface area (Å²) < 4.78 is 0. The van der Waals surface area contributed by atoms with Crippen molar-refractivity contribution in [3.63, 3.8) is 0 Å². The van der Waals surface area contributed by atoms with E-state index in [1.807, 2.05) is 0 Å². The Labute approximate surface area is 121 Å². The van der Waals surface area contributed by atoms with Crippen LogP contribution in [0.1, 0.15) is 68.9 Å². The molecule has 1 unspecified atom stereocenters. The summed E-state index contributed by atoms with van der Waals surface area (Å²) in [5.41, 5.74) is 9.09. The summed E-state index contributed by atoms with van der Waals surface area (Å²) in [5, 5.41) is 0.969. The van der Waals surface area contributed by atoms with Crippen LogP contribution in [0.4, 0.5) is 0 Å². The van der Waals surface area contributed by atoms with E-state index < -0.39 is 0 Å². The highest BCUT2D eigenvalue weighted by Crippen LogP contribution is 2.51. The van der Waals surface area contributed by atoms with Crippen LogP contribution in [0, 0.1) is 0 Å². The van der Waals surface area contributed by atoms with Crippen molar-refractivity contribution >= 4 is 11.6 Å². The molecule has 0 bridgehead atoms. The van der Waals surface area contributed by atoms with Crippen molar-refractivity contribution in [3.05, 3.63) is 34.3 Å². The minimum atomic E-state index is 0.217. The summed E-state index contributed by atoms with van der Waals surface area (Å²) in [4.78, 5) is 0. The van der Waals surface area contributed by atoms with E-state index in [2.05, 4.69) is 25.1 Å². The van der Waals surface area contributed by atoms with Crippen molar-refractivity contribution in [2.45, 2.75) is 69.2 Å². The Bertz CT molecular complexity index is 456. The lowest BCUT2D eigenvalue weighted by Crippen LogP contribution is -2.31. The molecule has 2 fully saturated rings. The number of hydrogen-bond donors (Lipinski definition) is 1. The van der Waals surface area contributed by atoms with Crippen molar-refractivity contribution in [2.24, 2.45) is 5.73 Å². The maximum Gasteiger partial charge on any atom is 0.0443 e. The molecule has 19 heavy (non-hydrogen) atoms. The van der Waals surface area contributed by atoms with Gasteiger partial charge in [-0.25, -0.2) is 0 Å². The molecule has 104 valence electrons. The van der Waals surface area contributed by atoms with E-state index in [9.17, 15) is 0 Å². The van der Waals surface area contributed by atoms with Crippen LogP contribution >= 0.6 is 11.6 Å². The Kier molecular flexibility index (Phi) is 3.61.